The normalized spacial score (nSPS) is 23.6. The number of aromatic nitrogens is 2. The molecule has 1 atom stereocenters. The van der Waals surface area contributed by atoms with Gasteiger partial charge in [0.25, 0.3) is 0 Å². The van der Waals surface area contributed by atoms with Gasteiger partial charge in [-0.1, -0.05) is 17.7 Å². The summed E-state index contributed by atoms with van der Waals surface area (Å²) in [6.07, 6.45) is 3.62. The summed E-state index contributed by atoms with van der Waals surface area (Å²) in [5.74, 6) is 1.12. The van der Waals surface area contributed by atoms with Gasteiger partial charge in [0, 0.05) is 6.04 Å². The molecule has 0 bridgehead atoms. The van der Waals surface area contributed by atoms with Crippen molar-refractivity contribution in [3.05, 3.63) is 29.0 Å². The molecule has 3 nitrogen and oxygen atoms in total. The van der Waals surface area contributed by atoms with Gasteiger partial charge in [0.2, 0.25) is 0 Å². The number of imidazole rings is 1. The molecule has 1 aliphatic rings. The molecule has 2 aromatic rings. The Labute approximate surface area is 125 Å². The standard InChI is InChI=1S/C16H22ClN3/c1-11(2)20-14-12(17)7-6-8-13(14)19-15(20)16(3)9-4-5-10-18-16/h6-8,11,18H,4-5,9-10H2,1-3H3. The fourth-order valence-corrected chi connectivity index (χ4v) is 3.51. The Morgan fingerprint density at radius 1 is 1.35 bits per heavy atom. The van der Waals surface area contributed by atoms with Gasteiger partial charge in [0.1, 0.15) is 5.82 Å². The summed E-state index contributed by atoms with van der Waals surface area (Å²) < 4.78 is 2.30. The summed E-state index contributed by atoms with van der Waals surface area (Å²) in [4.78, 5) is 4.91. The average molecular weight is 292 g/mol. The highest BCUT2D eigenvalue weighted by Crippen LogP contribution is 2.35. The molecule has 0 radical (unpaired) electrons. The predicted octanol–water partition coefficient (Wildman–Crippen LogP) is 4.26. The molecule has 0 aliphatic carbocycles. The molecule has 1 N–H and O–H groups in total. The molecule has 1 saturated heterocycles. The van der Waals surface area contributed by atoms with Gasteiger partial charge in [-0.3, -0.25) is 0 Å². The Bertz CT molecular complexity index is 624. The summed E-state index contributed by atoms with van der Waals surface area (Å²) in [6, 6.07) is 6.32. The number of rotatable bonds is 2. The number of nitrogens with zero attached hydrogens (tertiary/aromatic N) is 2. The van der Waals surface area contributed by atoms with Crippen molar-refractivity contribution in [2.45, 2.75) is 51.6 Å². The van der Waals surface area contributed by atoms with Crippen LogP contribution in [0.3, 0.4) is 0 Å². The van der Waals surface area contributed by atoms with Crippen LogP contribution in [0.5, 0.6) is 0 Å². The predicted molar refractivity (Wildman–Crippen MR) is 84.3 cm³/mol. The zero-order valence-corrected chi connectivity index (χ0v) is 13.2. The Morgan fingerprint density at radius 2 is 2.15 bits per heavy atom. The van der Waals surface area contributed by atoms with Crippen LogP contribution < -0.4 is 5.32 Å². The van der Waals surface area contributed by atoms with Crippen LogP contribution in [0.1, 0.15) is 51.9 Å². The quantitative estimate of drug-likeness (QED) is 0.896. The van der Waals surface area contributed by atoms with Crippen molar-refractivity contribution >= 4 is 22.6 Å². The number of piperidine rings is 1. The minimum absolute atomic E-state index is 0.0507. The Kier molecular flexibility index (Phi) is 3.51. The van der Waals surface area contributed by atoms with Gasteiger partial charge < -0.3 is 9.88 Å². The van der Waals surface area contributed by atoms with Gasteiger partial charge in [0.05, 0.1) is 21.6 Å². The van der Waals surface area contributed by atoms with E-state index in [-0.39, 0.29) is 5.54 Å². The first-order chi connectivity index (χ1) is 9.53. The van der Waals surface area contributed by atoms with Gasteiger partial charge >= 0.3 is 0 Å². The highest BCUT2D eigenvalue weighted by molar-refractivity contribution is 6.35. The Morgan fingerprint density at radius 3 is 2.80 bits per heavy atom. The first kappa shape index (κ1) is 13.9. The molecule has 1 unspecified atom stereocenters. The molecule has 108 valence electrons. The largest absolute Gasteiger partial charge is 0.323 e. The molecule has 0 amide bonds. The van der Waals surface area contributed by atoms with Crippen LogP contribution in [0.4, 0.5) is 0 Å². The van der Waals surface area contributed by atoms with Crippen molar-refractivity contribution in [2.24, 2.45) is 0 Å². The van der Waals surface area contributed by atoms with E-state index in [2.05, 4.69) is 36.7 Å². The Hall–Kier alpha value is -1.06. The summed E-state index contributed by atoms with van der Waals surface area (Å²) in [5, 5.41) is 4.45. The van der Waals surface area contributed by atoms with E-state index in [1.165, 1.54) is 12.8 Å². The number of halogens is 1. The van der Waals surface area contributed by atoms with Crippen molar-refractivity contribution in [2.75, 3.05) is 6.54 Å². The summed E-state index contributed by atoms with van der Waals surface area (Å²) in [5.41, 5.74) is 2.01. The monoisotopic (exact) mass is 291 g/mol. The molecule has 0 spiro atoms. The number of hydrogen-bond acceptors (Lipinski definition) is 2. The second kappa shape index (κ2) is 5.05. The zero-order chi connectivity index (χ0) is 14.3. The SMILES string of the molecule is CC(C)n1c(C2(C)CCCCN2)nc2cccc(Cl)c21. The topological polar surface area (TPSA) is 29.9 Å². The lowest BCUT2D eigenvalue weighted by atomic mass is 9.90. The van der Waals surface area contributed by atoms with Crippen LogP contribution in [0, 0.1) is 0 Å². The summed E-state index contributed by atoms with van der Waals surface area (Å²) in [7, 11) is 0. The van der Waals surface area contributed by atoms with Gasteiger partial charge in [-0.05, 0) is 58.7 Å². The van der Waals surface area contributed by atoms with E-state index >= 15 is 0 Å². The maximum absolute atomic E-state index is 6.42. The number of benzene rings is 1. The highest BCUT2D eigenvalue weighted by Gasteiger charge is 2.34. The van der Waals surface area contributed by atoms with Crippen LogP contribution in [0.15, 0.2) is 18.2 Å². The average Bonchev–Trinajstić information content (AvgIpc) is 2.81. The van der Waals surface area contributed by atoms with Gasteiger partial charge in [-0.25, -0.2) is 4.98 Å². The lowest BCUT2D eigenvalue weighted by Crippen LogP contribution is -2.45. The van der Waals surface area contributed by atoms with Crippen molar-refractivity contribution < 1.29 is 0 Å². The van der Waals surface area contributed by atoms with Crippen LogP contribution in [-0.4, -0.2) is 16.1 Å². The molecular formula is C16H22ClN3. The zero-order valence-electron chi connectivity index (χ0n) is 12.4. The van der Waals surface area contributed by atoms with E-state index in [0.717, 1.165) is 34.8 Å². The Balaban J connectivity index is 2.24. The van der Waals surface area contributed by atoms with E-state index in [1.54, 1.807) is 0 Å². The molecule has 20 heavy (non-hydrogen) atoms. The maximum atomic E-state index is 6.42. The first-order valence-corrected chi connectivity index (χ1v) is 7.83. The third-order valence-electron chi connectivity index (χ3n) is 4.29. The van der Waals surface area contributed by atoms with Gasteiger partial charge in [0.15, 0.2) is 0 Å². The molecule has 1 fully saturated rings. The molecule has 3 rings (SSSR count). The second-order valence-electron chi connectivity index (χ2n) is 6.22. The van der Waals surface area contributed by atoms with Gasteiger partial charge in [-0.2, -0.15) is 0 Å². The number of hydrogen-bond donors (Lipinski definition) is 1. The van der Waals surface area contributed by atoms with E-state index in [9.17, 15) is 0 Å². The van der Waals surface area contributed by atoms with E-state index < -0.39 is 0 Å². The van der Waals surface area contributed by atoms with Crippen molar-refractivity contribution in [1.82, 2.24) is 14.9 Å². The number of nitrogens with one attached hydrogen (secondary N) is 1. The highest BCUT2D eigenvalue weighted by atomic mass is 35.5. The molecule has 1 aliphatic heterocycles. The number of fused-ring (bicyclic) bond motifs is 1. The van der Waals surface area contributed by atoms with Crippen molar-refractivity contribution in [1.29, 1.82) is 0 Å². The molecule has 1 aromatic heterocycles. The molecule has 2 heterocycles. The van der Waals surface area contributed by atoms with E-state index in [4.69, 9.17) is 16.6 Å². The minimum Gasteiger partial charge on any atom is -0.323 e. The second-order valence-corrected chi connectivity index (χ2v) is 6.63. The summed E-state index contributed by atoms with van der Waals surface area (Å²) in [6.45, 7) is 7.71. The van der Waals surface area contributed by atoms with Crippen LogP contribution >= 0.6 is 11.6 Å². The molecule has 4 heteroatoms. The molecule has 1 aromatic carbocycles. The van der Waals surface area contributed by atoms with Crippen LogP contribution in [0.25, 0.3) is 11.0 Å². The maximum Gasteiger partial charge on any atom is 0.130 e. The van der Waals surface area contributed by atoms with E-state index in [0.29, 0.717) is 6.04 Å². The fraction of sp³-hybridized carbons (Fsp3) is 0.562. The first-order valence-electron chi connectivity index (χ1n) is 7.45. The molecular weight excluding hydrogens is 270 g/mol. The smallest absolute Gasteiger partial charge is 0.130 e. The molecule has 0 saturated carbocycles. The minimum atomic E-state index is -0.0507. The fourth-order valence-electron chi connectivity index (χ4n) is 3.25. The lowest BCUT2D eigenvalue weighted by molar-refractivity contribution is 0.258. The summed E-state index contributed by atoms with van der Waals surface area (Å²) >= 11 is 6.42. The number of para-hydroxylation sites is 1. The van der Waals surface area contributed by atoms with Crippen LogP contribution in [0.2, 0.25) is 5.02 Å². The van der Waals surface area contributed by atoms with Crippen molar-refractivity contribution in [3.8, 4) is 0 Å². The van der Waals surface area contributed by atoms with Gasteiger partial charge in [-0.15, -0.1) is 0 Å². The third-order valence-corrected chi connectivity index (χ3v) is 4.59. The van der Waals surface area contributed by atoms with E-state index in [1.807, 2.05) is 12.1 Å². The van der Waals surface area contributed by atoms with Crippen molar-refractivity contribution in [3.63, 3.8) is 0 Å². The third kappa shape index (κ3) is 2.13. The van der Waals surface area contributed by atoms with Crippen LogP contribution in [-0.2, 0) is 5.54 Å². The lowest BCUT2D eigenvalue weighted by Gasteiger charge is -2.35.